The van der Waals surface area contributed by atoms with E-state index in [2.05, 4.69) is 5.92 Å². The lowest BCUT2D eigenvalue weighted by atomic mass is 10.00. The minimum absolute atomic E-state index is 0.354. The van der Waals surface area contributed by atoms with Crippen LogP contribution in [-0.2, 0) is 4.79 Å². The molecular formula is C8H10O2S. The van der Waals surface area contributed by atoms with Crippen molar-refractivity contribution in [2.75, 3.05) is 5.75 Å². The second-order valence-corrected chi connectivity index (χ2v) is 4.11. The Balaban J connectivity index is 2.72. The van der Waals surface area contributed by atoms with E-state index >= 15 is 0 Å². The Morgan fingerprint density at radius 1 is 1.82 bits per heavy atom. The van der Waals surface area contributed by atoms with Crippen LogP contribution in [0.15, 0.2) is 0 Å². The van der Waals surface area contributed by atoms with Crippen molar-refractivity contribution in [1.29, 1.82) is 0 Å². The Bertz CT molecular complexity index is 199. The first-order valence-electron chi connectivity index (χ1n) is 3.52. The molecule has 0 aromatic rings. The molecule has 1 N–H and O–H groups in total. The Morgan fingerprint density at radius 2 is 2.55 bits per heavy atom. The number of hydrogen-bond donors (Lipinski definition) is 1. The van der Waals surface area contributed by atoms with Crippen molar-refractivity contribution in [3.05, 3.63) is 0 Å². The molecule has 1 aliphatic rings. The largest absolute Gasteiger partial charge is 0.480 e. The van der Waals surface area contributed by atoms with Gasteiger partial charge in [-0.15, -0.1) is 24.1 Å². The van der Waals surface area contributed by atoms with Gasteiger partial charge in [-0.2, -0.15) is 0 Å². The van der Waals surface area contributed by atoms with E-state index in [9.17, 15) is 4.79 Å². The minimum Gasteiger partial charge on any atom is -0.480 e. The van der Waals surface area contributed by atoms with Crippen LogP contribution in [0.5, 0.6) is 0 Å². The summed E-state index contributed by atoms with van der Waals surface area (Å²) in [7, 11) is 0. The van der Waals surface area contributed by atoms with Gasteiger partial charge in [0.1, 0.15) is 4.75 Å². The molecule has 1 atom stereocenters. The zero-order valence-electron chi connectivity index (χ0n) is 6.17. The van der Waals surface area contributed by atoms with Gasteiger partial charge in [0.25, 0.3) is 0 Å². The van der Waals surface area contributed by atoms with Crippen molar-refractivity contribution in [3.63, 3.8) is 0 Å². The number of carboxylic acid groups (broad SMARTS) is 1. The number of terminal acetylenes is 1. The third-order valence-electron chi connectivity index (χ3n) is 1.88. The molecule has 1 aliphatic heterocycles. The number of hydrogen-bond acceptors (Lipinski definition) is 2. The van der Waals surface area contributed by atoms with Crippen LogP contribution in [0.25, 0.3) is 0 Å². The van der Waals surface area contributed by atoms with Crippen LogP contribution < -0.4 is 0 Å². The van der Waals surface area contributed by atoms with Crippen LogP contribution in [0.1, 0.15) is 19.3 Å². The van der Waals surface area contributed by atoms with Crippen molar-refractivity contribution in [3.8, 4) is 12.3 Å². The van der Waals surface area contributed by atoms with Gasteiger partial charge in [0, 0.05) is 6.42 Å². The van der Waals surface area contributed by atoms with E-state index in [1.807, 2.05) is 0 Å². The summed E-state index contributed by atoms with van der Waals surface area (Å²) in [5.41, 5.74) is 0. The van der Waals surface area contributed by atoms with Crippen molar-refractivity contribution < 1.29 is 9.90 Å². The van der Waals surface area contributed by atoms with Crippen LogP contribution >= 0.6 is 11.8 Å². The monoisotopic (exact) mass is 170 g/mol. The lowest BCUT2D eigenvalue weighted by Crippen LogP contribution is -2.31. The summed E-state index contributed by atoms with van der Waals surface area (Å²) in [6.45, 7) is 0. The van der Waals surface area contributed by atoms with Crippen molar-refractivity contribution in [2.45, 2.75) is 24.0 Å². The average molecular weight is 170 g/mol. The van der Waals surface area contributed by atoms with Gasteiger partial charge < -0.3 is 5.11 Å². The van der Waals surface area contributed by atoms with Gasteiger partial charge in [-0.1, -0.05) is 0 Å². The predicted molar refractivity (Wildman–Crippen MR) is 45.5 cm³/mol. The first kappa shape index (κ1) is 8.48. The molecule has 2 nitrogen and oxygen atoms in total. The van der Waals surface area contributed by atoms with Crippen LogP contribution in [0.3, 0.4) is 0 Å². The number of thioether (sulfide) groups is 1. The molecule has 0 saturated carbocycles. The molecule has 0 bridgehead atoms. The van der Waals surface area contributed by atoms with Gasteiger partial charge >= 0.3 is 5.97 Å². The summed E-state index contributed by atoms with van der Waals surface area (Å²) < 4.78 is -0.658. The van der Waals surface area contributed by atoms with E-state index in [0.717, 1.165) is 18.6 Å². The second-order valence-electron chi connectivity index (χ2n) is 2.63. The fourth-order valence-electron chi connectivity index (χ4n) is 1.25. The van der Waals surface area contributed by atoms with Crippen molar-refractivity contribution in [1.82, 2.24) is 0 Å². The predicted octanol–water partition coefficient (Wildman–Crippen LogP) is 1.36. The van der Waals surface area contributed by atoms with E-state index in [-0.39, 0.29) is 0 Å². The average Bonchev–Trinajstić information content (AvgIpc) is 2.38. The van der Waals surface area contributed by atoms with E-state index in [1.165, 1.54) is 11.8 Å². The molecule has 60 valence electrons. The van der Waals surface area contributed by atoms with Crippen LogP contribution in [-0.4, -0.2) is 21.6 Å². The Morgan fingerprint density at radius 3 is 2.91 bits per heavy atom. The van der Waals surface area contributed by atoms with Gasteiger partial charge in [0.15, 0.2) is 0 Å². The summed E-state index contributed by atoms with van der Waals surface area (Å²) in [4.78, 5) is 10.8. The molecule has 1 fully saturated rings. The maximum Gasteiger partial charge on any atom is 0.320 e. The highest BCUT2D eigenvalue weighted by molar-refractivity contribution is 8.01. The van der Waals surface area contributed by atoms with Gasteiger partial charge in [-0.25, -0.2) is 0 Å². The standard InChI is InChI=1S/C8H10O2S/c1-2-4-8(7(9)10)5-3-6-11-8/h1H,3-6H2,(H,9,10). The summed E-state index contributed by atoms with van der Waals surface area (Å²) in [6.07, 6.45) is 7.15. The fraction of sp³-hybridized carbons (Fsp3) is 0.625. The zero-order chi connectivity index (χ0) is 8.32. The number of carboxylic acids is 1. The molecule has 0 spiro atoms. The molecule has 3 heteroatoms. The van der Waals surface area contributed by atoms with Gasteiger partial charge in [-0.3, -0.25) is 4.79 Å². The summed E-state index contributed by atoms with van der Waals surface area (Å²) >= 11 is 1.48. The minimum atomic E-state index is -0.752. The Kier molecular flexibility index (Phi) is 2.45. The Hall–Kier alpha value is -0.620. The van der Waals surface area contributed by atoms with Gasteiger partial charge in [0.05, 0.1) is 0 Å². The quantitative estimate of drug-likeness (QED) is 0.636. The van der Waals surface area contributed by atoms with Crippen molar-refractivity contribution >= 4 is 17.7 Å². The molecule has 11 heavy (non-hydrogen) atoms. The lowest BCUT2D eigenvalue weighted by molar-refractivity contribution is -0.139. The lowest BCUT2D eigenvalue weighted by Gasteiger charge is -2.19. The van der Waals surface area contributed by atoms with Gasteiger partial charge in [-0.05, 0) is 18.6 Å². The maximum atomic E-state index is 10.8. The fourth-order valence-corrected chi connectivity index (χ4v) is 2.52. The second kappa shape index (κ2) is 3.19. The van der Waals surface area contributed by atoms with E-state index in [4.69, 9.17) is 11.5 Å². The molecule has 1 saturated heterocycles. The zero-order valence-corrected chi connectivity index (χ0v) is 6.99. The highest BCUT2D eigenvalue weighted by Crippen LogP contribution is 2.40. The van der Waals surface area contributed by atoms with E-state index < -0.39 is 10.7 Å². The topological polar surface area (TPSA) is 37.3 Å². The molecule has 1 heterocycles. The van der Waals surface area contributed by atoms with Crippen LogP contribution in [0.2, 0.25) is 0 Å². The first-order valence-corrected chi connectivity index (χ1v) is 4.51. The molecule has 0 aromatic heterocycles. The Labute approximate surface area is 70.4 Å². The van der Waals surface area contributed by atoms with Crippen LogP contribution in [0, 0.1) is 12.3 Å². The maximum absolute atomic E-state index is 10.8. The molecule has 1 unspecified atom stereocenters. The number of aliphatic carboxylic acids is 1. The SMILES string of the molecule is C#CCC1(C(=O)O)CCCS1. The summed E-state index contributed by atoms with van der Waals surface area (Å²) in [5.74, 6) is 2.60. The van der Waals surface area contributed by atoms with E-state index in [0.29, 0.717) is 6.42 Å². The van der Waals surface area contributed by atoms with E-state index in [1.54, 1.807) is 0 Å². The first-order chi connectivity index (χ1) is 5.21. The number of rotatable bonds is 2. The normalized spacial score (nSPS) is 29.7. The molecule has 0 aromatic carbocycles. The molecule has 0 amide bonds. The third-order valence-corrected chi connectivity index (χ3v) is 3.45. The summed E-state index contributed by atoms with van der Waals surface area (Å²) in [6, 6.07) is 0. The van der Waals surface area contributed by atoms with Crippen LogP contribution in [0.4, 0.5) is 0 Å². The summed E-state index contributed by atoms with van der Waals surface area (Å²) in [5, 5.41) is 8.88. The highest BCUT2D eigenvalue weighted by atomic mass is 32.2. The third kappa shape index (κ3) is 1.51. The highest BCUT2D eigenvalue weighted by Gasteiger charge is 2.41. The number of carbonyl (C=O) groups is 1. The molecular weight excluding hydrogens is 160 g/mol. The smallest absolute Gasteiger partial charge is 0.320 e. The molecule has 0 aliphatic carbocycles. The van der Waals surface area contributed by atoms with Gasteiger partial charge in [0.2, 0.25) is 0 Å². The molecule has 1 rings (SSSR count). The molecule has 0 radical (unpaired) electrons. The van der Waals surface area contributed by atoms with Crippen molar-refractivity contribution in [2.24, 2.45) is 0 Å².